The molecule has 0 saturated heterocycles. The monoisotopic (exact) mass is 437 g/mol. The normalized spacial score (nSPS) is 12.5. The minimum absolute atomic E-state index is 0.283. The van der Waals surface area contributed by atoms with E-state index in [2.05, 4.69) is 10.3 Å². The molecule has 1 atom stereocenters. The number of fused-ring (bicyclic) bond motifs is 1. The van der Waals surface area contributed by atoms with Crippen LogP contribution in [0.25, 0.3) is 16.6 Å². The topological polar surface area (TPSA) is 64.0 Å². The minimum Gasteiger partial charge on any atom is -0.344 e. The van der Waals surface area contributed by atoms with Gasteiger partial charge in [-0.3, -0.25) is 14.6 Å². The average Bonchev–Trinajstić information content (AvgIpc) is 2.79. The van der Waals surface area contributed by atoms with Gasteiger partial charge in [-0.1, -0.05) is 6.07 Å². The summed E-state index contributed by atoms with van der Waals surface area (Å²) in [6.07, 6.45) is -1.30. The third-order valence-corrected chi connectivity index (χ3v) is 5.11. The number of halogens is 3. The van der Waals surface area contributed by atoms with Gasteiger partial charge in [0.25, 0.3) is 5.91 Å². The Labute approximate surface area is 181 Å². The molecule has 2 aromatic carbocycles. The van der Waals surface area contributed by atoms with Gasteiger partial charge in [-0.2, -0.15) is 13.2 Å². The Morgan fingerprint density at radius 2 is 1.78 bits per heavy atom. The molecule has 1 N–H and O–H groups in total. The van der Waals surface area contributed by atoms with Gasteiger partial charge in [0.15, 0.2) is 5.43 Å². The Hall–Kier alpha value is -3.94. The summed E-state index contributed by atoms with van der Waals surface area (Å²) >= 11 is 0. The highest BCUT2D eigenvalue weighted by Crippen LogP contribution is 2.30. The summed E-state index contributed by atoms with van der Waals surface area (Å²) in [6.45, 7) is 1.80. The van der Waals surface area contributed by atoms with Gasteiger partial charge in [-0.15, -0.1) is 0 Å². The van der Waals surface area contributed by atoms with Crippen molar-refractivity contribution in [1.29, 1.82) is 0 Å². The van der Waals surface area contributed by atoms with Crippen LogP contribution < -0.4 is 10.7 Å². The van der Waals surface area contributed by atoms with Crippen LogP contribution in [0.3, 0.4) is 0 Å². The van der Waals surface area contributed by atoms with Crippen molar-refractivity contribution in [1.82, 2.24) is 14.9 Å². The number of rotatable bonds is 4. The second-order valence-corrected chi connectivity index (χ2v) is 7.28. The van der Waals surface area contributed by atoms with Crippen LogP contribution in [-0.2, 0) is 6.18 Å². The zero-order valence-corrected chi connectivity index (χ0v) is 16.9. The van der Waals surface area contributed by atoms with Crippen LogP contribution in [0.4, 0.5) is 13.2 Å². The van der Waals surface area contributed by atoms with Crippen LogP contribution in [0.15, 0.2) is 83.9 Å². The van der Waals surface area contributed by atoms with E-state index in [9.17, 15) is 22.8 Å². The van der Waals surface area contributed by atoms with Crippen LogP contribution >= 0.6 is 0 Å². The molecular formula is C24H18F3N3O2. The maximum Gasteiger partial charge on any atom is 0.416 e. The van der Waals surface area contributed by atoms with Crippen molar-refractivity contribution in [3.05, 3.63) is 106 Å². The van der Waals surface area contributed by atoms with Crippen molar-refractivity contribution < 1.29 is 18.0 Å². The van der Waals surface area contributed by atoms with E-state index in [4.69, 9.17) is 0 Å². The third kappa shape index (κ3) is 4.25. The number of amides is 1. The van der Waals surface area contributed by atoms with E-state index in [1.54, 1.807) is 42.0 Å². The molecule has 5 nitrogen and oxygen atoms in total. The van der Waals surface area contributed by atoms with Gasteiger partial charge in [-0.05, 0) is 61.5 Å². The predicted octanol–water partition coefficient (Wildman–Crippen LogP) is 4.90. The molecule has 2 heterocycles. The van der Waals surface area contributed by atoms with Crippen molar-refractivity contribution in [3.8, 4) is 5.69 Å². The van der Waals surface area contributed by atoms with E-state index in [1.165, 1.54) is 30.5 Å². The van der Waals surface area contributed by atoms with Crippen molar-refractivity contribution in [3.63, 3.8) is 0 Å². The molecule has 0 fully saturated rings. The molecule has 0 spiro atoms. The molecule has 0 unspecified atom stereocenters. The summed E-state index contributed by atoms with van der Waals surface area (Å²) in [5.41, 5.74) is 0.882. The number of nitrogens with zero attached hydrogens (tertiary/aromatic N) is 2. The first-order valence-electron chi connectivity index (χ1n) is 9.79. The second-order valence-electron chi connectivity index (χ2n) is 7.28. The summed E-state index contributed by atoms with van der Waals surface area (Å²) in [7, 11) is 0. The molecule has 8 heteroatoms. The van der Waals surface area contributed by atoms with Crippen molar-refractivity contribution in [2.45, 2.75) is 19.1 Å². The SMILES string of the molecule is C[C@H](NC(=O)c1ccc2c(c1)c(=O)ccn2-c1ccc(C(F)(F)F)cc1)c1ccccn1. The Morgan fingerprint density at radius 3 is 2.44 bits per heavy atom. The summed E-state index contributed by atoms with van der Waals surface area (Å²) < 4.78 is 40.2. The van der Waals surface area contributed by atoms with Crippen molar-refractivity contribution in [2.75, 3.05) is 0 Å². The molecule has 0 saturated carbocycles. The number of pyridine rings is 2. The number of alkyl halides is 3. The number of nitrogens with one attached hydrogen (secondary N) is 1. The van der Waals surface area contributed by atoms with Crippen LogP contribution in [0, 0.1) is 0 Å². The van der Waals surface area contributed by atoms with Gasteiger partial charge < -0.3 is 9.88 Å². The Balaban J connectivity index is 1.67. The van der Waals surface area contributed by atoms with E-state index in [-0.39, 0.29) is 22.8 Å². The molecule has 0 aliphatic rings. The molecular weight excluding hydrogens is 419 g/mol. The fourth-order valence-corrected chi connectivity index (χ4v) is 3.42. The summed E-state index contributed by atoms with van der Waals surface area (Å²) in [4.78, 5) is 29.4. The lowest BCUT2D eigenvalue weighted by Gasteiger charge is -2.15. The fourth-order valence-electron chi connectivity index (χ4n) is 3.42. The zero-order valence-electron chi connectivity index (χ0n) is 16.9. The third-order valence-electron chi connectivity index (χ3n) is 5.11. The predicted molar refractivity (Wildman–Crippen MR) is 115 cm³/mol. The maximum absolute atomic E-state index is 12.9. The number of benzene rings is 2. The number of carbonyl (C=O) groups excluding carboxylic acids is 1. The van der Waals surface area contributed by atoms with E-state index in [1.807, 2.05) is 6.07 Å². The van der Waals surface area contributed by atoms with Crippen molar-refractivity contribution >= 4 is 16.8 Å². The van der Waals surface area contributed by atoms with Gasteiger partial charge in [-0.25, -0.2) is 0 Å². The van der Waals surface area contributed by atoms with E-state index in [0.717, 1.165) is 12.1 Å². The number of carbonyl (C=O) groups is 1. The molecule has 2 aromatic heterocycles. The summed E-state index contributed by atoms with van der Waals surface area (Å²) in [6, 6.07) is 15.7. The molecule has 162 valence electrons. The zero-order chi connectivity index (χ0) is 22.9. The molecule has 4 aromatic rings. The fraction of sp³-hybridized carbons (Fsp3) is 0.125. The number of aromatic nitrogens is 2. The Kier molecular flexibility index (Phi) is 5.52. The number of hydrogen-bond acceptors (Lipinski definition) is 3. The van der Waals surface area contributed by atoms with E-state index in [0.29, 0.717) is 22.5 Å². The molecule has 32 heavy (non-hydrogen) atoms. The highest BCUT2D eigenvalue weighted by Gasteiger charge is 2.30. The quantitative estimate of drug-likeness (QED) is 0.494. The number of hydrogen-bond donors (Lipinski definition) is 1. The molecule has 0 bridgehead atoms. The maximum atomic E-state index is 12.9. The van der Waals surface area contributed by atoms with E-state index < -0.39 is 11.7 Å². The molecule has 4 rings (SSSR count). The largest absolute Gasteiger partial charge is 0.416 e. The van der Waals surface area contributed by atoms with Crippen LogP contribution in [0.2, 0.25) is 0 Å². The van der Waals surface area contributed by atoms with Gasteiger partial charge in [0.05, 0.1) is 22.8 Å². The Morgan fingerprint density at radius 1 is 1.03 bits per heavy atom. The smallest absolute Gasteiger partial charge is 0.344 e. The van der Waals surface area contributed by atoms with Crippen molar-refractivity contribution in [2.24, 2.45) is 0 Å². The van der Waals surface area contributed by atoms with Crippen LogP contribution in [0.5, 0.6) is 0 Å². The molecule has 0 radical (unpaired) electrons. The second kappa shape index (κ2) is 8.30. The minimum atomic E-state index is -4.43. The highest BCUT2D eigenvalue weighted by molar-refractivity contribution is 5.98. The molecule has 0 aliphatic carbocycles. The first-order valence-corrected chi connectivity index (χ1v) is 9.79. The average molecular weight is 437 g/mol. The first kappa shape index (κ1) is 21.3. The van der Waals surface area contributed by atoms with Gasteiger partial charge in [0.2, 0.25) is 0 Å². The molecule has 1 amide bonds. The first-order chi connectivity index (χ1) is 15.2. The van der Waals surface area contributed by atoms with Crippen LogP contribution in [-0.4, -0.2) is 15.5 Å². The van der Waals surface area contributed by atoms with E-state index >= 15 is 0 Å². The van der Waals surface area contributed by atoms with Gasteiger partial charge in [0.1, 0.15) is 0 Å². The lowest BCUT2D eigenvalue weighted by atomic mass is 10.1. The van der Waals surface area contributed by atoms with Gasteiger partial charge in [0, 0.05) is 35.1 Å². The summed E-state index contributed by atoms with van der Waals surface area (Å²) in [5.74, 6) is -0.366. The molecule has 0 aliphatic heterocycles. The van der Waals surface area contributed by atoms with Gasteiger partial charge >= 0.3 is 6.18 Å². The summed E-state index contributed by atoms with van der Waals surface area (Å²) in [5, 5.41) is 3.13. The lowest BCUT2D eigenvalue weighted by molar-refractivity contribution is -0.137. The lowest BCUT2D eigenvalue weighted by Crippen LogP contribution is -2.27. The Bertz CT molecular complexity index is 1330. The van der Waals surface area contributed by atoms with Crippen LogP contribution in [0.1, 0.15) is 34.6 Å². The standard InChI is InChI=1S/C24H18F3N3O2/c1-15(20-4-2-3-12-28-20)29-23(32)16-5-10-21-19(14-16)22(31)11-13-30(21)18-8-6-17(7-9-18)24(25,26)27/h2-15H,1H3,(H,29,32)/t15-/m0/s1. The highest BCUT2D eigenvalue weighted by atomic mass is 19.4.